The molecular weight excluding hydrogens is 752 g/mol. The van der Waals surface area contributed by atoms with E-state index in [-0.39, 0.29) is 7.92 Å². The van der Waals surface area contributed by atoms with Crippen LogP contribution in [0.1, 0.15) is 161 Å². The van der Waals surface area contributed by atoms with Crippen molar-refractivity contribution >= 4 is 13.2 Å². The monoisotopic (exact) mass is 827 g/mol. The lowest BCUT2D eigenvalue weighted by Crippen LogP contribution is -2.32. The highest BCUT2D eigenvalue weighted by molar-refractivity contribution is 7.67. The predicted molar refractivity (Wildman–Crippen MR) is 264 cm³/mol. The molecule has 6 atom stereocenters. The fourth-order valence-electron chi connectivity index (χ4n) is 13.3. The Bertz CT molecular complexity index is 1870. The highest BCUT2D eigenvalue weighted by Crippen LogP contribution is 2.58. The topological polar surface area (TPSA) is 0 Å². The Morgan fingerprint density at radius 3 is 1.02 bits per heavy atom. The third kappa shape index (κ3) is 11.6. The molecule has 0 amide bonds. The molecule has 0 saturated heterocycles. The molecule has 4 fully saturated rings. The molecule has 4 saturated carbocycles. The molecule has 9 rings (SSSR count). The molecule has 5 aromatic rings. The van der Waals surface area contributed by atoms with Crippen LogP contribution in [0.15, 0.2) is 140 Å². The van der Waals surface area contributed by atoms with Gasteiger partial charge in [-0.3, -0.25) is 0 Å². The zero-order valence-corrected chi connectivity index (χ0v) is 38.3. The highest BCUT2D eigenvalue weighted by atomic mass is 31.1. The van der Waals surface area contributed by atoms with Crippen LogP contribution in [0.4, 0.5) is 0 Å². The van der Waals surface area contributed by atoms with E-state index in [4.69, 9.17) is 0 Å². The minimum atomic E-state index is -0.227. The molecule has 4 aliphatic rings. The Hall–Kier alpha value is -3.47. The Labute approximate surface area is 372 Å². The van der Waals surface area contributed by atoms with Crippen molar-refractivity contribution < 1.29 is 0 Å². The van der Waals surface area contributed by atoms with Gasteiger partial charge in [0.1, 0.15) is 0 Å². The summed E-state index contributed by atoms with van der Waals surface area (Å²) in [5.41, 5.74) is 11.7. The number of rotatable bonds is 13. The van der Waals surface area contributed by atoms with Gasteiger partial charge in [-0.2, -0.15) is 0 Å². The van der Waals surface area contributed by atoms with Crippen molar-refractivity contribution in [1.29, 1.82) is 0 Å². The van der Waals surface area contributed by atoms with Crippen molar-refractivity contribution in [1.82, 2.24) is 0 Å². The number of hydrogen-bond acceptors (Lipinski definition) is 0. The Balaban J connectivity index is 1.11. The fraction of sp³-hybridized carbons (Fsp3) is 0.500. The van der Waals surface area contributed by atoms with E-state index in [2.05, 4.69) is 140 Å². The molecule has 320 valence electrons. The van der Waals surface area contributed by atoms with Gasteiger partial charge in [0.25, 0.3) is 0 Å². The lowest BCUT2D eigenvalue weighted by Gasteiger charge is -2.42. The van der Waals surface area contributed by atoms with Gasteiger partial charge in [-0.05, 0) is 188 Å². The summed E-state index contributed by atoms with van der Waals surface area (Å²) in [6, 6.07) is 54.2. The molecule has 4 aliphatic carbocycles. The number of hydrogen-bond donors (Lipinski definition) is 0. The Morgan fingerprint density at radius 1 is 0.311 bits per heavy atom. The predicted octanol–water partition coefficient (Wildman–Crippen LogP) is 16.2. The third-order valence-corrected chi connectivity index (χ3v) is 19.7. The lowest BCUT2D eigenvalue weighted by atomic mass is 9.80. The van der Waals surface area contributed by atoms with E-state index in [1.807, 2.05) is 16.4 Å². The van der Waals surface area contributed by atoms with Crippen molar-refractivity contribution in [3.05, 3.63) is 173 Å². The van der Waals surface area contributed by atoms with Crippen molar-refractivity contribution in [2.45, 2.75) is 164 Å². The van der Waals surface area contributed by atoms with Crippen LogP contribution < -0.4 is 5.30 Å². The second kappa shape index (κ2) is 21.7. The lowest BCUT2D eigenvalue weighted by molar-refractivity contribution is 0.367. The summed E-state index contributed by atoms with van der Waals surface area (Å²) in [4.78, 5) is 0. The van der Waals surface area contributed by atoms with E-state index in [1.165, 1.54) is 152 Å². The van der Waals surface area contributed by atoms with Gasteiger partial charge in [0, 0.05) is 0 Å². The molecule has 61 heavy (non-hydrogen) atoms. The van der Waals surface area contributed by atoms with E-state index in [1.54, 1.807) is 11.1 Å². The summed E-state index contributed by atoms with van der Waals surface area (Å²) in [7, 11) is -0.227. The van der Waals surface area contributed by atoms with Crippen molar-refractivity contribution in [2.24, 2.45) is 23.7 Å². The maximum atomic E-state index is 2.73. The first-order chi connectivity index (χ1) is 30.2. The summed E-state index contributed by atoms with van der Waals surface area (Å²) in [5.74, 6) is 4.29. The minimum Gasteiger partial charge on any atom is -0.0683 e. The molecule has 0 bridgehead atoms. The molecule has 0 N–H and O–H groups in total. The van der Waals surface area contributed by atoms with Crippen molar-refractivity contribution in [3.8, 4) is 0 Å². The standard InChI is InChI=1S/C60H75P/c1-7-20-46(21-8-1)38-50-34-36-54(44-52(42-50)40-48-24-11-3-12-25-48)58-32-19-33-59(60(58)61(56-28-15-5-16-29-56)57-30-17-6-18-31-57)55-37-35-51(39-47-22-9-2-10-23-47)43-53(45-55)41-49-26-13-4-14-27-49/h1-4,7-14,19-27,32-33,50-57H,5-6,15-18,28-31,34-45H2. The molecule has 0 nitrogen and oxygen atoms in total. The second-order valence-electron chi connectivity index (χ2n) is 20.5. The third-order valence-electron chi connectivity index (χ3n) is 16.1. The smallest absolute Gasteiger partial charge is 0.0153 e. The van der Waals surface area contributed by atoms with Gasteiger partial charge < -0.3 is 0 Å². The van der Waals surface area contributed by atoms with Crippen LogP contribution >= 0.6 is 7.92 Å². The average Bonchev–Trinajstić information content (AvgIpc) is 3.64. The van der Waals surface area contributed by atoms with Crippen molar-refractivity contribution in [3.63, 3.8) is 0 Å². The van der Waals surface area contributed by atoms with Crippen molar-refractivity contribution in [2.75, 3.05) is 0 Å². The van der Waals surface area contributed by atoms with E-state index < -0.39 is 0 Å². The first-order valence-electron chi connectivity index (χ1n) is 25.3. The van der Waals surface area contributed by atoms with Crippen LogP contribution in [0.2, 0.25) is 0 Å². The summed E-state index contributed by atoms with van der Waals surface area (Å²) in [5, 5.41) is 1.99. The maximum absolute atomic E-state index is 2.73. The SMILES string of the molecule is c1ccc(CC2CCC(c3cccc(C4CCC(Cc5ccccc5)CC(Cc5ccccc5)C4)c3P(C3CCCCC3)C3CCCCC3)CC(Cc3ccccc3)C2)cc1. The van der Waals surface area contributed by atoms with Crippen LogP contribution in [0.25, 0.3) is 0 Å². The first-order valence-corrected chi connectivity index (χ1v) is 26.8. The molecular formula is C60H75P. The van der Waals surface area contributed by atoms with Gasteiger partial charge >= 0.3 is 0 Å². The van der Waals surface area contributed by atoms with Gasteiger partial charge in [-0.15, -0.1) is 0 Å². The van der Waals surface area contributed by atoms with Crippen LogP contribution in [0.3, 0.4) is 0 Å². The van der Waals surface area contributed by atoms with Gasteiger partial charge in [0.2, 0.25) is 0 Å². The normalized spacial score (nSPS) is 25.8. The van der Waals surface area contributed by atoms with E-state index in [0.29, 0.717) is 11.8 Å². The zero-order chi connectivity index (χ0) is 41.1. The molecule has 0 aliphatic heterocycles. The average molecular weight is 827 g/mol. The van der Waals surface area contributed by atoms with Crippen LogP contribution in [0, 0.1) is 23.7 Å². The summed E-state index contributed by atoms with van der Waals surface area (Å²) < 4.78 is 0. The fourth-order valence-corrected chi connectivity index (χ4v) is 17.5. The molecule has 0 spiro atoms. The largest absolute Gasteiger partial charge is 0.0683 e. The molecule has 5 aromatic carbocycles. The highest BCUT2D eigenvalue weighted by Gasteiger charge is 2.39. The van der Waals surface area contributed by atoms with Crippen LogP contribution in [-0.4, -0.2) is 11.3 Å². The maximum Gasteiger partial charge on any atom is -0.0153 e. The zero-order valence-electron chi connectivity index (χ0n) is 37.4. The summed E-state index contributed by atoms with van der Waals surface area (Å²) in [6.07, 6.45) is 30.5. The Morgan fingerprint density at radius 2 is 0.656 bits per heavy atom. The minimum absolute atomic E-state index is 0.227. The summed E-state index contributed by atoms with van der Waals surface area (Å²) in [6.45, 7) is 0. The molecule has 0 aromatic heterocycles. The molecule has 1 heteroatoms. The summed E-state index contributed by atoms with van der Waals surface area (Å²) >= 11 is 0. The van der Waals surface area contributed by atoms with Gasteiger partial charge in [0.15, 0.2) is 0 Å². The van der Waals surface area contributed by atoms with Gasteiger partial charge in [-0.25, -0.2) is 0 Å². The van der Waals surface area contributed by atoms with E-state index in [9.17, 15) is 0 Å². The van der Waals surface area contributed by atoms with Crippen LogP contribution in [0.5, 0.6) is 0 Å². The Kier molecular flexibility index (Phi) is 15.3. The number of benzene rings is 5. The van der Waals surface area contributed by atoms with Gasteiger partial charge in [0.05, 0.1) is 0 Å². The molecule has 0 radical (unpaired) electrons. The van der Waals surface area contributed by atoms with Gasteiger partial charge in [-0.1, -0.05) is 186 Å². The molecule has 6 unspecified atom stereocenters. The second-order valence-corrected chi connectivity index (χ2v) is 23.2. The first kappa shape index (κ1) is 42.8. The van der Waals surface area contributed by atoms with Crippen LogP contribution in [-0.2, 0) is 25.7 Å². The quantitative estimate of drug-likeness (QED) is 0.0819. The van der Waals surface area contributed by atoms with E-state index in [0.717, 1.165) is 35.0 Å². The van der Waals surface area contributed by atoms with E-state index >= 15 is 0 Å². The molecule has 0 heterocycles.